The zero-order chi connectivity index (χ0) is 27.7. The molecule has 3 aromatic heterocycles. The first kappa shape index (κ1) is 26.2. The van der Waals surface area contributed by atoms with E-state index in [1.807, 2.05) is 42.3 Å². The molecule has 0 atom stereocenters. The lowest BCUT2D eigenvalue weighted by Gasteiger charge is -2.33. The van der Waals surface area contributed by atoms with Crippen molar-refractivity contribution in [3.8, 4) is 23.1 Å². The molecule has 0 spiro atoms. The molecule has 10 heteroatoms. The number of imidazole rings is 1. The number of amides is 1. The van der Waals surface area contributed by atoms with E-state index in [4.69, 9.17) is 14.5 Å². The van der Waals surface area contributed by atoms with E-state index in [1.54, 1.807) is 13.3 Å². The lowest BCUT2D eigenvalue weighted by Crippen LogP contribution is -2.48. The lowest BCUT2D eigenvalue weighted by molar-refractivity contribution is -0.130. The Morgan fingerprint density at radius 1 is 1.05 bits per heavy atom. The summed E-state index contributed by atoms with van der Waals surface area (Å²) >= 11 is 0. The van der Waals surface area contributed by atoms with Crippen LogP contribution >= 0.6 is 0 Å². The van der Waals surface area contributed by atoms with Gasteiger partial charge in [-0.05, 0) is 37.8 Å². The Morgan fingerprint density at radius 2 is 1.82 bits per heavy atom. The van der Waals surface area contributed by atoms with Crippen molar-refractivity contribution in [2.75, 3.05) is 39.3 Å². The highest BCUT2D eigenvalue weighted by atomic mass is 16.5. The molecule has 1 aromatic carbocycles. The normalized spacial score (nSPS) is 16.7. The van der Waals surface area contributed by atoms with Crippen molar-refractivity contribution in [3.05, 3.63) is 60.0 Å². The number of aryl methyl sites for hydroxylation is 1. The third-order valence-electron chi connectivity index (χ3n) is 7.78. The molecule has 6 rings (SSSR count). The maximum Gasteiger partial charge on any atom is 0.245 e. The number of rotatable bonds is 9. The van der Waals surface area contributed by atoms with Crippen molar-refractivity contribution >= 4 is 17.1 Å². The molecule has 1 aliphatic heterocycles. The summed E-state index contributed by atoms with van der Waals surface area (Å²) in [6.45, 7) is 11.0. The average molecular weight is 542 g/mol. The molecule has 10 nitrogen and oxygen atoms in total. The van der Waals surface area contributed by atoms with Crippen LogP contribution in [0.3, 0.4) is 0 Å². The minimum atomic E-state index is -0.178. The number of piperazine rings is 1. The second-order valence-electron chi connectivity index (χ2n) is 10.9. The van der Waals surface area contributed by atoms with Gasteiger partial charge in [-0.15, -0.1) is 0 Å². The predicted octanol–water partition coefficient (Wildman–Crippen LogP) is 3.72. The van der Waals surface area contributed by atoms with Crippen LogP contribution in [0.2, 0.25) is 0 Å². The largest absolute Gasteiger partial charge is 0.476 e. The Hall–Kier alpha value is -4.05. The fourth-order valence-electron chi connectivity index (χ4n) is 5.03. The van der Waals surface area contributed by atoms with E-state index in [1.165, 1.54) is 0 Å². The zero-order valence-corrected chi connectivity index (χ0v) is 23.3. The van der Waals surface area contributed by atoms with Crippen molar-refractivity contribution in [2.45, 2.75) is 45.8 Å². The average Bonchev–Trinajstić information content (AvgIpc) is 3.57. The molecule has 1 saturated carbocycles. The van der Waals surface area contributed by atoms with Crippen LogP contribution in [-0.4, -0.2) is 85.1 Å². The van der Waals surface area contributed by atoms with Gasteiger partial charge in [0.1, 0.15) is 24.4 Å². The molecule has 1 aliphatic carbocycles. The van der Waals surface area contributed by atoms with Crippen LogP contribution in [0.15, 0.2) is 48.9 Å². The van der Waals surface area contributed by atoms with Gasteiger partial charge in [0.25, 0.3) is 0 Å². The van der Waals surface area contributed by atoms with E-state index in [2.05, 4.69) is 43.5 Å². The molecule has 1 saturated heterocycles. The summed E-state index contributed by atoms with van der Waals surface area (Å²) < 4.78 is 14.4. The van der Waals surface area contributed by atoms with Crippen LogP contribution in [0.5, 0.6) is 11.8 Å². The standard InChI is InChI=1S/C30H35N7O3/c1-21-17-25(39-16-15-35-11-13-36(14-12-35)22(2)38)31-18-24(21)27-34-26-28(37(27)19-23-7-5-4-6-8-23)32-20-33-29(26)40-30(3)9-10-30/h4-8,17-18,20H,9-16,19H2,1-3H3. The fraction of sp³-hybridized carbons (Fsp3) is 0.433. The second-order valence-corrected chi connectivity index (χ2v) is 10.9. The predicted molar refractivity (Wildman–Crippen MR) is 151 cm³/mol. The summed E-state index contributed by atoms with van der Waals surface area (Å²) in [5.74, 6) is 2.01. The third kappa shape index (κ3) is 5.62. The maximum absolute atomic E-state index is 11.6. The third-order valence-corrected chi connectivity index (χ3v) is 7.78. The fourth-order valence-corrected chi connectivity index (χ4v) is 5.03. The first-order chi connectivity index (χ1) is 19.4. The van der Waals surface area contributed by atoms with Gasteiger partial charge in [0, 0.05) is 57.5 Å². The summed E-state index contributed by atoms with van der Waals surface area (Å²) in [6, 6.07) is 12.2. The highest BCUT2D eigenvalue weighted by Crippen LogP contribution is 2.41. The van der Waals surface area contributed by atoms with Crippen molar-refractivity contribution in [2.24, 2.45) is 0 Å². The molecule has 2 aliphatic rings. The molecule has 0 bridgehead atoms. The summed E-state index contributed by atoms with van der Waals surface area (Å²) in [4.78, 5) is 34.5. The SMILES string of the molecule is CC(=O)N1CCN(CCOc2cc(C)c(-c3nc4c(OC5(C)CC5)ncnc4n3Cc3ccccc3)cn2)CC1. The van der Waals surface area contributed by atoms with Crippen molar-refractivity contribution in [3.63, 3.8) is 0 Å². The van der Waals surface area contributed by atoms with Crippen LogP contribution in [0.25, 0.3) is 22.6 Å². The summed E-state index contributed by atoms with van der Waals surface area (Å²) in [7, 11) is 0. The topological polar surface area (TPSA) is 98.5 Å². The molecule has 0 unspecified atom stereocenters. The number of aromatic nitrogens is 5. The zero-order valence-electron chi connectivity index (χ0n) is 23.3. The number of ether oxygens (including phenoxy) is 2. The van der Waals surface area contributed by atoms with Gasteiger partial charge in [-0.25, -0.2) is 15.0 Å². The number of carbonyl (C=O) groups excluding carboxylic acids is 1. The molecule has 4 aromatic rings. The Bertz CT molecular complexity index is 1510. The molecular weight excluding hydrogens is 506 g/mol. The molecule has 208 valence electrons. The molecule has 0 radical (unpaired) electrons. The van der Waals surface area contributed by atoms with Gasteiger partial charge in [-0.3, -0.25) is 9.69 Å². The first-order valence-corrected chi connectivity index (χ1v) is 13.9. The Balaban J connectivity index is 1.23. The molecule has 4 heterocycles. The minimum absolute atomic E-state index is 0.140. The first-order valence-electron chi connectivity index (χ1n) is 13.9. The van der Waals surface area contributed by atoms with Gasteiger partial charge >= 0.3 is 0 Å². The Labute approximate surface area is 234 Å². The quantitative estimate of drug-likeness (QED) is 0.316. The van der Waals surface area contributed by atoms with Crippen molar-refractivity contribution < 1.29 is 14.3 Å². The lowest BCUT2D eigenvalue weighted by atomic mass is 10.1. The van der Waals surface area contributed by atoms with Gasteiger partial charge in [0.05, 0.1) is 6.54 Å². The van der Waals surface area contributed by atoms with Gasteiger partial charge in [-0.1, -0.05) is 30.3 Å². The molecule has 40 heavy (non-hydrogen) atoms. The number of benzene rings is 1. The van der Waals surface area contributed by atoms with Gasteiger partial charge in [0.15, 0.2) is 11.2 Å². The van der Waals surface area contributed by atoms with Crippen LogP contribution < -0.4 is 9.47 Å². The van der Waals surface area contributed by atoms with E-state index >= 15 is 0 Å². The van der Waals surface area contributed by atoms with E-state index in [0.29, 0.717) is 30.4 Å². The summed E-state index contributed by atoms with van der Waals surface area (Å²) in [6.07, 6.45) is 5.40. The Kier molecular flexibility index (Phi) is 7.10. The van der Waals surface area contributed by atoms with Gasteiger partial charge in [-0.2, -0.15) is 4.98 Å². The van der Waals surface area contributed by atoms with Crippen LogP contribution in [0, 0.1) is 6.92 Å². The highest BCUT2D eigenvalue weighted by molar-refractivity contribution is 5.82. The highest BCUT2D eigenvalue weighted by Gasteiger charge is 2.41. The van der Waals surface area contributed by atoms with E-state index < -0.39 is 0 Å². The number of hydrogen-bond acceptors (Lipinski definition) is 8. The number of nitrogens with zero attached hydrogens (tertiary/aromatic N) is 7. The smallest absolute Gasteiger partial charge is 0.245 e. The number of fused-ring (bicyclic) bond motifs is 1. The van der Waals surface area contributed by atoms with Crippen LogP contribution in [0.1, 0.15) is 37.8 Å². The maximum atomic E-state index is 11.6. The molecule has 0 N–H and O–H groups in total. The Morgan fingerprint density at radius 3 is 2.52 bits per heavy atom. The van der Waals surface area contributed by atoms with E-state index in [-0.39, 0.29) is 11.5 Å². The van der Waals surface area contributed by atoms with Gasteiger partial charge in [0.2, 0.25) is 17.7 Å². The van der Waals surface area contributed by atoms with Crippen molar-refractivity contribution in [1.29, 1.82) is 0 Å². The summed E-state index contributed by atoms with van der Waals surface area (Å²) in [5.41, 5.74) is 4.28. The number of hydrogen-bond donors (Lipinski definition) is 0. The molecule has 1 amide bonds. The van der Waals surface area contributed by atoms with Crippen LogP contribution in [0.4, 0.5) is 0 Å². The summed E-state index contributed by atoms with van der Waals surface area (Å²) in [5, 5.41) is 0. The minimum Gasteiger partial charge on any atom is -0.476 e. The second kappa shape index (κ2) is 10.8. The number of carbonyl (C=O) groups is 1. The monoisotopic (exact) mass is 541 g/mol. The molecule has 2 fully saturated rings. The van der Waals surface area contributed by atoms with Gasteiger partial charge < -0.3 is 18.9 Å². The van der Waals surface area contributed by atoms with E-state index in [0.717, 1.165) is 73.7 Å². The van der Waals surface area contributed by atoms with Crippen molar-refractivity contribution in [1.82, 2.24) is 34.3 Å². The molecular formula is C30H35N7O3. The van der Waals surface area contributed by atoms with Crippen LogP contribution in [-0.2, 0) is 11.3 Å². The number of pyridine rings is 1. The van der Waals surface area contributed by atoms with E-state index in [9.17, 15) is 4.79 Å².